The molecule has 0 unspecified atom stereocenters. The fourth-order valence-electron chi connectivity index (χ4n) is 3.95. The molecule has 1 aromatic rings. The van der Waals surface area contributed by atoms with Crippen LogP contribution in [0.2, 0.25) is 0 Å². The largest absolute Gasteiger partial charge is 0.481 e. The highest BCUT2D eigenvalue weighted by Gasteiger charge is 2.49. The van der Waals surface area contributed by atoms with Crippen LogP contribution in [-0.4, -0.2) is 30.0 Å². The van der Waals surface area contributed by atoms with Gasteiger partial charge >= 0.3 is 6.01 Å². The Morgan fingerprint density at radius 1 is 1.35 bits per heavy atom. The molecule has 3 atom stereocenters. The van der Waals surface area contributed by atoms with E-state index in [0.717, 1.165) is 24.1 Å². The van der Waals surface area contributed by atoms with Crippen molar-refractivity contribution in [3.8, 4) is 11.9 Å². The Morgan fingerprint density at radius 3 is 2.70 bits per heavy atom. The fourth-order valence-corrected chi connectivity index (χ4v) is 3.95. The molecule has 6 heteroatoms. The molecular weight excluding hydrogens is 294 g/mol. The van der Waals surface area contributed by atoms with Crippen molar-refractivity contribution in [2.24, 2.45) is 11.8 Å². The number of hydrogen-bond acceptors (Lipinski definition) is 5. The lowest BCUT2D eigenvalue weighted by molar-refractivity contribution is -0.121. The van der Waals surface area contributed by atoms with Crippen molar-refractivity contribution in [2.75, 3.05) is 14.2 Å². The molecular formula is C17H19N3O3. The number of hydrogen-bond donors (Lipinski definition) is 0. The Kier molecular flexibility index (Phi) is 3.59. The van der Waals surface area contributed by atoms with Crippen molar-refractivity contribution in [3.05, 3.63) is 34.4 Å². The van der Waals surface area contributed by atoms with E-state index in [1.165, 1.54) is 7.11 Å². The molecule has 0 aliphatic heterocycles. The van der Waals surface area contributed by atoms with Gasteiger partial charge in [0.25, 0.3) is 0 Å². The third kappa shape index (κ3) is 2.11. The lowest BCUT2D eigenvalue weighted by Crippen LogP contribution is -2.45. The van der Waals surface area contributed by atoms with Crippen LogP contribution >= 0.6 is 0 Å². The number of rotatable bonds is 2. The third-order valence-corrected chi connectivity index (χ3v) is 5.14. The number of nitrogens with zero attached hydrogens (tertiary/aromatic N) is 3. The number of carbonyl (C=O) groups is 1. The predicted octanol–water partition coefficient (Wildman–Crippen LogP) is 2.34. The van der Waals surface area contributed by atoms with E-state index >= 15 is 0 Å². The number of Topliss-reactive ketones (excluding diaryl/α,β-unsaturated/α-hetero) is 1. The smallest absolute Gasteiger partial charge is 0.319 e. The third-order valence-electron chi connectivity index (χ3n) is 5.14. The standard InChI is InChI=1S/C17H19N3O3/c1-9-11-7-6-10-14(19-16(23-5)20-15(10)22-4)17(11,2)8-12(18-3)13(9)21/h8-9,11H,6-7H2,1-2,4-5H3/t9-,11-,17-/m0/s1. The number of ether oxygens (including phenoxy) is 2. The Labute approximate surface area is 135 Å². The van der Waals surface area contributed by atoms with Crippen LogP contribution in [0.4, 0.5) is 0 Å². The second kappa shape index (κ2) is 5.34. The van der Waals surface area contributed by atoms with E-state index in [9.17, 15) is 4.79 Å². The second-order valence-corrected chi connectivity index (χ2v) is 6.27. The van der Waals surface area contributed by atoms with Gasteiger partial charge in [0.2, 0.25) is 11.6 Å². The Balaban J connectivity index is 2.27. The first-order valence-electron chi connectivity index (χ1n) is 7.60. The molecule has 0 N–H and O–H groups in total. The summed E-state index contributed by atoms with van der Waals surface area (Å²) in [5.74, 6) is 0.347. The van der Waals surface area contributed by atoms with Crippen molar-refractivity contribution in [2.45, 2.75) is 32.1 Å². The van der Waals surface area contributed by atoms with Crippen LogP contribution in [-0.2, 0) is 16.6 Å². The van der Waals surface area contributed by atoms with Crippen LogP contribution in [0.15, 0.2) is 11.8 Å². The van der Waals surface area contributed by atoms with Gasteiger partial charge in [-0.15, -0.1) is 0 Å². The second-order valence-electron chi connectivity index (χ2n) is 6.27. The maximum Gasteiger partial charge on any atom is 0.319 e. The zero-order chi connectivity index (χ0) is 16.8. The molecule has 120 valence electrons. The predicted molar refractivity (Wildman–Crippen MR) is 83.2 cm³/mol. The van der Waals surface area contributed by atoms with Crippen LogP contribution < -0.4 is 9.47 Å². The Bertz CT molecular complexity index is 750. The number of ketones is 1. The van der Waals surface area contributed by atoms with Crippen LogP contribution in [0.25, 0.3) is 4.85 Å². The quantitative estimate of drug-likeness (QED) is 0.784. The molecule has 2 aliphatic carbocycles. The lowest BCUT2D eigenvalue weighted by atomic mass is 9.58. The molecule has 0 bridgehead atoms. The van der Waals surface area contributed by atoms with E-state index < -0.39 is 5.41 Å². The molecule has 0 aromatic carbocycles. The van der Waals surface area contributed by atoms with Crippen molar-refractivity contribution < 1.29 is 14.3 Å². The van der Waals surface area contributed by atoms with Gasteiger partial charge in [-0.3, -0.25) is 0 Å². The Morgan fingerprint density at radius 2 is 2.09 bits per heavy atom. The summed E-state index contributed by atoms with van der Waals surface area (Å²) in [4.78, 5) is 24.6. The van der Waals surface area contributed by atoms with Gasteiger partial charge in [0.1, 0.15) is 0 Å². The molecule has 23 heavy (non-hydrogen) atoms. The minimum Gasteiger partial charge on any atom is -0.481 e. The first-order valence-corrected chi connectivity index (χ1v) is 7.60. The molecule has 0 spiro atoms. The number of carbonyl (C=O) groups excluding carboxylic acids is 1. The maximum atomic E-state index is 12.3. The maximum absolute atomic E-state index is 12.3. The van der Waals surface area contributed by atoms with Gasteiger partial charge in [-0.25, -0.2) is 4.85 Å². The number of fused-ring (bicyclic) bond motifs is 3. The molecule has 1 heterocycles. The molecule has 0 fully saturated rings. The minimum atomic E-state index is -0.496. The van der Waals surface area contributed by atoms with Crippen molar-refractivity contribution >= 4 is 5.78 Å². The minimum absolute atomic E-state index is 0.0705. The molecule has 0 saturated carbocycles. The van der Waals surface area contributed by atoms with Crippen molar-refractivity contribution in [1.29, 1.82) is 0 Å². The first-order chi connectivity index (χ1) is 11.0. The Hall–Kier alpha value is -2.42. The van der Waals surface area contributed by atoms with E-state index in [1.54, 1.807) is 13.2 Å². The van der Waals surface area contributed by atoms with Gasteiger partial charge in [0.15, 0.2) is 5.78 Å². The highest BCUT2D eigenvalue weighted by atomic mass is 16.5. The van der Waals surface area contributed by atoms with Gasteiger partial charge in [0, 0.05) is 16.9 Å². The molecule has 3 rings (SSSR count). The first kappa shape index (κ1) is 15.5. The van der Waals surface area contributed by atoms with E-state index in [0.29, 0.717) is 5.88 Å². The average Bonchev–Trinajstić information content (AvgIpc) is 2.57. The molecule has 1 aromatic heterocycles. The molecule has 6 nitrogen and oxygen atoms in total. The van der Waals surface area contributed by atoms with Gasteiger partial charge in [-0.1, -0.05) is 19.9 Å². The van der Waals surface area contributed by atoms with Crippen LogP contribution in [0, 0.1) is 18.4 Å². The molecule has 0 amide bonds. The summed E-state index contributed by atoms with van der Waals surface area (Å²) in [5.41, 5.74) is 1.44. The fraction of sp³-hybridized carbons (Fsp3) is 0.529. The SMILES string of the molecule is [C-]#[N+]C1=C[C@]2(C)c3nc(OC)nc(OC)c3CC[C@H]2[C@H](C)C1=O. The lowest BCUT2D eigenvalue weighted by Gasteiger charge is -2.45. The number of aromatic nitrogens is 2. The van der Waals surface area contributed by atoms with Gasteiger partial charge in [0.05, 0.1) is 26.5 Å². The summed E-state index contributed by atoms with van der Waals surface area (Å²) in [6.45, 7) is 11.2. The molecule has 2 aliphatic rings. The van der Waals surface area contributed by atoms with Crippen molar-refractivity contribution in [3.63, 3.8) is 0 Å². The number of allylic oxidation sites excluding steroid dienone is 2. The normalized spacial score (nSPS) is 29.0. The zero-order valence-corrected chi connectivity index (χ0v) is 13.7. The highest BCUT2D eigenvalue weighted by Crippen LogP contribution is 2.50. The van der Waals surface area contributed by atoms with Gasteiger partial charge < -0.3 is 14.3 Å². The zero-order valence-electron chi connectivity index (χ0n) is 13.7. The van der Waals surface area contributed by atoms with Gasteiger partial charge in [-0.2, -0.15) is 9.97 Å². The van der Waals surface area contributed by atoms with E-state index in [-0.39, 0.29) is 29.3 Å². The summed E-state index contributed by atoms with van der Waals surface area (Å²) in [7, 11) is 3.08. The van der Waals surface area contributed by atoms with E-state index in [2.05, 4.69) is 14.8 Å². The highest BCUT2D eigenvalue weighted by molar-refractivity contribution is 6.00. The summed E-state index contributed by atoms with van der Waals surface area (Å²) < 4.78 is 10.6. The molecule has 0 radical (unpaired) electrons. The topological polar surface area (TPSA) is 65.7 Å². The average molecular weight is 313 g/mol. The van der Waals surface area contributed by atoms with Crippen LogP contribution in [0.5, 0.6) is 11.9 Å². The van der Waals surface area contributed by atoms with Crippen LogP contribution in [0.3, 0.4) is 0 Å². The number of methoxy groups -OCH3 is 2. The van der Waals surface area contributed by atoms with E-state index in [4.69, 9.17) is 16.0 Å². The summed E-state index contributed by atoms with van der Waals surface area (Å²) in [6.07, 6.45) is 3.36. The van der Waals surface area contributed by atoms with Crippen LogP contribution in [0.1, 0.15) is 31.5 Å². The van der Waals surface area contributed by atoms with Gasteiger partial charge in [-0.05, 0) is 18.8 Å². The summed E-state index contributed by atoms with van der Waals surface area (Å²) in [6, 6.07) is 0.241. The van der Waals surface area contributed by atoms with E-state index in [1.807, 2.05) is 13.8 Å². The summed E-state index contributed by atoms with van der Waals surface area (Å²) >= 11 is 0. The molecule has 0 saturated heterocycles. The monoisotopic (exact) mass is 313 g/mol. The summed E-state index contributed by atoms with van der Waals surface area (Å²) in [5, 5.41) is 0. The van der Waals surface area contributed by atoms with Crippen molar-refractivity contribution in [1.82, 2.24) is 9.97 Å².